The number of benzene rings is 1. The maximum Gasteiger partial charge on any atom is 0.243 e. The number of nitrogens with zero attached hydrogens (tertiary/aromatic N) is 1. The summed E-state index contributed by atoms with van der Waals surface area (Å²) in [6.45, 7) is 4.14. The van der Waals surface area contributed by atoms with E-state index < -0.39 is 0 Å². The Morgan fingerprint density at radius 2 is 1.64 bits per heavy atom. The minimum Gasteiger partial charge on any atom is -0.335 e. The summed E-state index contributed by atoms with van der Waals surface area (Å²) in [5.41, 5.74) is 1.92. The van der Waals surface area contributed by atoms with Crippen molar-refractivity contribution in [1.29, 1.82) is 0 Å². The molecule has 4 fully saturated rings. The van der Waals surface area contributed by atoms with Gasteiger partial charge in [0.05, 0.1) is 11.8 Å². The van der Waals surface area contributed by atoms with Gasteiger partial charge >= 0.3 is 0 Å². The average molecular weight is 401 g/mol. The molecule has 152 valence electrons. The van der Waals surface area contributed by atoms with Crippen LogP contribution in [0.15, 0.2) is 24.3 Å². The standard InChI is InChI=1S/C23H32N2O2S/c1-15-4-6-20(7-5-15)24-21(26)14-25(3)22(27)16(2)28-23-11-17-8-18(12-23)10-19(9-17)13-23/h4-7,16-19H,8-14H2,1-3H3,(H,24,26)/t16-,17?,18?,19?,23?/m1/s1. The highest BCUT2D eigenvalue weighted by Crippen LogP contribution is 2.61. The summed E-state index contributed by atoms with van der Waals surface area (Å²) < 4.78 is 0.314. The van der Waals surface area contributed by atoms with Crippen molar-refractivity contribution in [3.8, 4) is 0 Å². The number of nitrogens with one attached hydrogen (secondary N) is 1. The van der Waals surface area contributed by atoms with Gasteiger partial charge in [-0.1, -0.05) is 17.7 Å². The zero-order chi connectivity index (χ0) is 19.9. The van der Waals surface area contributed by atoms with Gasteiger partial charge in [0.25, 0.3) is 0 Å². The van der Waals surface area contributed by atoms with Crippen LogP contribution in [0.3, 0.4) is 0 Å². The second-order valence-electron chi connectivity index (χ2n) is 9.47. The van der Waals surface area contributed by atoms with Gasteiger partial charge in [0.2, 0.25) is 11.8 Å². The third-order valence-electron chi connectivity index (χ3n) is 6.85. The molecule has 0 unspecified atom stereocenters. The van der Waals surface area contributed by atoms with E-state index in [1.807, 2.05) is 49.9 Å². The zero-order valence-corrected chi connectivity index (χ0v) is 18.1. The quantitative estimate of drug-likeness (QED) is 0.766. The van der Waals surface area contributed by atoms with E-state index in [9.17, 15) is 9.59 Å². The van der Waals surface area contributed by atoms with Crippen LogP contribution in [0.1, 0.15) is 51.0 Å². The highest BCUT2D eigenvalue weighted by atomic mass is 32.2. The summed E-state index contributed by atoms with van der Waals surface area (Å²) in [6.07, 6.45) is 8.13. The van der Waals surface area contributed by atoms with Crippen LogP contribution >= 0.6 is 11.8 Å². The number of carbonyl (C=O) groups excluding carboxylic acids is 2. The number of thioether (sulfide) groups is 1. The molecule has 1 aromatic rings. The monoisotopic (exact) mass is 400 g/mol. The molecule has 5 rings (SSSR count). The van der Waals surface area contributed by atoms with Crippen LogP contribution in [0.25, 0.3) is 0 Å². The van der Waals surface area contributed by atoms with Gasteiger partial charge in [-0.2, -0.15) is 0 Å². The lowest BCUT2D eigenvalue weighted by molar-refractivity contribution is -0.132. The maximum absolute atomic E-state index is 12.9. The van der Waals surface area contributed by atoms with E-state index >= 15 is 0 Å². The number of aryl methyl sites for hydroxylation is 1. The first-order valence-electron chi connectivity index (χ1n) is 10.6. The van der Waals surface area contributed by atoms with E-state index in [0.29, 0.717) is 4.75 Å². The number of likely N-dealkylation sites (N-methyl/N-ethyl adjacent to an activating group) is 1. The predicted octanol–water partition coefficient (Wildman–Crippen LogP) is 4.48. The fourth-order valence-corrected chi connectivity index (χ4v) is 8.07. The lowest BCUT2D eigenvalue weighted by atomic mass is 9.56. The van der Waals surface area contributed by atoms with Crippen molar-refractivity contribution in [3.63, 3.8) is 0 Å². The Bertz CT molecular complexity index is 710. The van der Waals surface area contributed by atoms with E-state index in [2.05, 4.69) is 5.32 Å². The molecule has 1 aromatic carbocycles. The van der Waals surface area contributed by atoms with Crippen molar-refractivity contribution in [2.24, 2.45) is 17.8 Å². The number of rotatable bonds is 6. The van der Waals surface area contributed by atoms with Crippen LogP contribution in [0.2, 0.25) is 0 Å². The van der Waals surface area contributed by atoms with Gasteiger partial charge in [-0.25, -0.2) is 0 Å². The first kappa shape index (κ1) is 19.8. The smallest absolute Gasteiger partial charge is 0.243 e. The number of hydrogen-bond donors (Lipinski definition) is 1. The summed E-state index contributed by atoms with van der Waals surface area (Å²) in [7, 11) is 1.74. The van der Waals surface area contributed by atoms with Crippen molar-refractivity contribution in [3.05, 3.63) is 29.8 Å². The number of amides is 2. The average Bonchev–Trinajstić information content (AvgIpc) is 2.61. The molecule has 0 spiro atoms. The van der Waals surface area contributed by atoms with Gasteiger partial charge in [-0.15, -0.1) is 11.8 Å². The molecule has 4 nitrogen and oxygen atoms in total. The van der Waals surface area contributed by atoms with Gasteiger partial charge < -0.3 is 10.2 Å². The molecule has 0 saturated heterocycles. The molecule has 4 aliphatic rings. The van der Waals surface area contributed by atoms with Crippen molar-refractivity contribution in [2.45, 2.75) is 62.4 Å². The van der Waals surface area contributed by atoms with Crippen molar-refractivity contribution >= 4 is 29.3 Å². The summed E-state index contributed by atoms with van der Waals surface area (Å²) in [6, 6.07) is 7.71. The molecule has 4 aliphatic carbocycles. The van der Waals surface area contributed by atoms with E-state index in [4.69, 9.17) is 0 Å². The van der Waals surface area contributed by atoms with Crippen LogP contribution in [-0.2, 0) is 9.59 Å². The first-order valence-corrected chi connectivity index (χ1v) is 11.5. The molecular weight excluding hydrogens is 368 g/mol. The minimum absolute atomic E-state index is 0.0693. The summed E-state index contributed by atoms with van der Waals surface area (Å²) in [5, 5.41) is 2.79. The highest BCUT2D eigenvalue weighted by Gasteiger charge is 2.52. The molecule has 4 bridgehead atoms. The Morgan fingerprint density at radius 1 is 1.11 bits per heavy atom. The Morgan fingerprint density at radius 3 is 2.18 bits per heavy atom. The molecule has 5 heteroatoms. The van der Waals surface area contributed by atoms with E-state index in [1.165, 1.54) is 38.5 Å². The molecule has 0 heterocycles. The van der Waals surface area contributed by atoms with Crippen molar-refractivity contribution in [2.75, 3.05) is 18.9 Å². The van der Waals surface area contributed by atoms with Crippen molar-refractivity contribution in [1.82, 2.24) is 4.90 Å². The van der Waals surface area contributed by atoms with Gasteiger partial charge in [0.15, 0.2) is 0 Å². The Balaban J connectivity index is 1.31. The van der Waals surface area contributed by atoms with E-state index in [-0.39, 0.29) is 23.6 Å². The van der Waals surface area contributed by atoms with Gasteiger partial charge in [0, 0.05) is 17.5 Å². The molecule has 0 radical (unpaired) electrons. The minimum atomic E-state index is -0.147. The summed E-state index contributed by atoms with van der Waals surface area (Å²) in [5.74, 6) is 2.59. The van der Waals surface area contributed by atoms with E-state index in [0.717, 1.165) is 29.0 Å². The lowest BCUT2D eigenvalue weighted by Crippen LogP contribution is -2.50. The Hall–Kier alpha value is -1.49. The van der Waals surface area contributed by atoms with E-state index in [1.54, 1.807) is 11.9 Å². The van der Waals surface area contributed by atoms with Crippen LogP contribution in [0.5, 0.6) is 0 Å². The van der Waals surface area contributed by atoms with Gasteiger partial charge in [-0.05, 0) is 82.3 Å². The molecule has 1 atom stereocenters. The number of anilines is 1. The van der Waals surface area contributed by atoms with Gasteiger partial charge in [-0.3, -0.25) is 9.59 Å². The molecule has 28 heavy (non-hydrogen) atoms. The van der Waals surface area contributed by atoms with Gasteiger partial charge in [0.1, 0.15) is 0 Å². The van der Waals surface area contributed by atoms with Crippen molar-refractivity contribution < 1.29 is 9.59 Å². The Kier molecular flexibility index (Phi) is 5.47. The third kappa shape index (κ3) is 4.24. The lowest BCUT2D eigenvalue weighted by Gasteiger charge is -2.57. The summed E-state index contributed by atoms with van der Waals surface area (Å²) in [4.78, 5) is 26.8. The second-order valence-corrected chi connectivity index (χ2v) is 11.3. The van der Waals surface area contributed by atoms with Crippen LogP contribution in [0, 0.1) is 24.7 Å². The molecule has 2 amide bonds. The number of carbonyl (C=O) groups is 2. The maximum atomic E-state index is 12.9. The first-order chi connectivity index (χ1) is 13.3. The highest BCUT2D eigenvalue weighted by molar-refractivity contribution is 8.01. The van der Waals surface area contributed by atoms with Crippen LogP contribution < -0.4 is 5.32 Å². The fourth-order valence-electron chi connectivity index (χ4n) is 6.04. The molecular formula is C23H32N2O2S. The molecule has 4 saturated carbocycles. The summed E-state index contributed by atoms with van der Waals surface area (Å²) >= 11 is 1.90. The zero-order valence-electron chi connectivity index (χ0n) is 17.2. The molecule has 0 aromatic heterocycles. The fraction of sp³-hybridized carbons (Fsp3) is 0.652. The molecule has 1 N–H and O–H groups in total. The second kappa shape index (κ2) is 7.74. The van der Waals surface area contributed by atoms with Crippen LogP contribution in [0.4, 0.5) is 5.69 Å². The molecule has 0 aliphatic heterocycles. The number of hydrogen-bond acceptors (Lipinski definition) is 3. The SMILES string of the molecule is Cc1ccc(NC(=O)CN(C)C(=O)[C@@H](C)SC23CC4CC(CC(C4)C2)C3)cc1. The normalized spacial score (nSPS) is 31.5. The third-order valence-corrected chi connectivity index (χ3v) is 8.40. The predicted molar refractivity (Wildman–Crippen MR) is 115 cm³/mol. The Labute approximate surface area is 172 Å². The largest absolute Gasteiger partial charge is 0.335 e. The van der Waals surface area contributed by atoms with Crippen LogP contribution in [-0.4, -0.2) is 40.3 Å². The topological polar surface area (TPSA) is 49.4 Å².